The van der Waals surface area contributed by atoms with E-state index >= 15 is 0 Å². The lowest BCUT2D eigenvalue weighted by Crippen LogP contribution is -2.19. The highest BCUT2D eigenvalue weighted by atomic mass is 16.1. The van der Waals surface area contributed by atoms with Crippen LogP contribution in [0.25, 0.3) is 6.08 Å². The Bertz CT molecular complexity index is 404. The Morgan fingerprint density at radius 1 is 1.62 bits per heavy atom. The number of H-pyrrole nitrogens is 1. The number of aromatic amines is 1. The molecule has 1 N–H and O–H groups in total. The maximum Gasteiger partial charge on any atom is 0.269 e. The average Bonchev–Trinajstić information content (AvgIpc) is 2.17. The van der Waals surface area contributed by atoms with Crippen molar-refractivity contribution in [1.82, 2.24) is 9.97 Å². The number of aromatic nitrogens is 2. The summed E-state index contributed by atoms with van der Waals surface area (Å²) in [6, 6.07) is 0. The number of hydrogen-bond acceptors (Lipinski definition) is 2. The minimum atomic E-state index is -0.0310. The summed E-state index contributed by atoms with van der Waals surface area (Å²) in [7, 11) is 0. The van der Waals surface area contributed by atoms with E-state index < -0.39 is 0 Å². The number of hydrogen-bond donors (Lipinski definition) is 1. The zero-order valence-electron chi connectivity index (χ0n) is 7.63. The second-order valence-corrected chi connectivity index (χ2v) is 3.17. The van der Waals surface area contributed by atoms with Gasteiger partial charge in [0.25, 0.3) is 5.56 Å². The third-order valence-corrected chi connectivity index (χ3v) is 2.26. The molecule has 0 unspecified atom stereocenters. The van der Waals surface area contributed by atoms with Crippen LogP contribution in [0.3, 0.4) is 0 Å². The molecule has 0 bridgehead atoms. The summed E-state index contributed by atoms with van der Waals surface area (Å²) in [6.07, 6.45) is 6.66. The molecule has 1 aliphatic carbocycles. The Morgan fingerprint density at radius 2 is 2.46 bits per heavy atom. The molecule has 0 atom stereocenters. The first kappa shape index (κ1) is 8.23. The molecule has 3 heteroatoms. The summed E-state index contributed by atoms with van der Waals surface area (Å²) in [5.41, 5.74) is 2.51. The van der Waals surface area contributed by atoms with Crippen molar-refractivity contribution in [2.45, 2.75) is 26.2 Å². The molecule has 0 amide bonds. The maximum absolute atomic E-state index is 11.4. The lowest BCUT2D eigenvalue weighted by molar-refractivity contribution is 0.853. The van der Waals surface area contributed by atoms with E-state index in [1.54, 1.807) is 0 Å². The van der Waals surface area contributed by atoms with Gasteiger partial charge in [-0.3, -0.25) is 4.79 Å². The zero-order chi connectivity index (χ0) is 9.26. The topological polar surface area (TPSA) is 45.8 Å². The Labute approximate surface area is 76.5 Å². The van der Waals surface area contributed by atoms with Crippen LogP contribution in [0.4, 0.5) is 0 Å². The van der Waals surface area contributed by atoms with Crippen LogP contribution in [0.2, 0.25) is 0 Å². The number of nitrogens with zero attached hydrogens (tertiary/aromatic N) is 1. The molecule has 0 aliphatic heterocycles. The third-order valence-electron chi connectivity index (χ3n) is 2.26. The highest BCUT2D eigenvalue weighted by Crippen LogP contribution is 2.13. The van der Waals surface area contributed by atoms with E-state index in [1.807, 2.05) is 13.0 Å². The van der Waals surface area contributed by atoms with Crippen molar-refractivity contribution >= 4 is 6.08 Å². The molecular weight excluding hydrogens is 164 g/mol. The van der Waals surface area contributed by atoms with Gasteiger partial charge >= 0.3 is 0 Å². The predicted molar refractivity (Wildman–Crippen MR) is 51.6 cm³/mol. The summed E-state index contributed by atoms with van der Waals surface area (Å²) >= 11 is 0. The average molecular weight is 176 g/mol. The van der Waals surface area contributed by atoms with Gasteiger partial charge in [0.2, 0.25) is 0 Å². The van der Waals surface area contributed by atoms with E-state index in [0.29, 0.717) is 12.1 Å². The van der Waals surface area contributed by atoms with Gasteiger partial charge in [-0.15, -0.1) is 0 Å². The molecule has 0 aromatic carbocycles. The fourth-order valence-corrected chi connectivity index (χ4v) is 1.53. The highest BCUT2D eigenvalue weighted by molar-refractivity contribution is 5.49. The molecule has 13 heavy (non-hydrogen) atoms. The smallest absolute Gasteiger partial charge is 0.269 e. The summed E-state index contributed by atoms with van der Waals surface area (Å²) in [6.45, 7) is 1.94. The Balaban J connectivity index is 2.59. The van der Waals surface area contributed by atoms with Crippen molar-refractivity contribution in [2.75, 3.05) is 0 Å². The van der Waals surface area contributed by atoms with Crippen molar-refractivity contribution in [2.24, 2.45) is 0 Å². The van der Waals surface area contributed by atoms with Crippen molar-refractivity contribution in [3.63, 3.8) is 0 Å². The van der Waals surface area contributed by atoms with Crippen LogP contribution in [0.15, 0.2) is 10.9 Å². The number of nitrogens with one attached hydrogen (secondary N) is 1. The first-order valence-corrected chi connectivity index (χ1v) is 4.60. The van der Waals surface area contributed by atoms with Gasteiger partial charge < -0.3 is 4.98 Å². The second-order valence-electron chi connectivity index (χ2n) is 3.17. The van der Waals surface area contributed by atoms with Gasteiger partial charge in [0, 0.05) is 5.69 Å². The van der Waals surface area contributed by atoms with Crippen LogP contribution < -0.4 is 5.56 Å². The van der Waals surface area contributed by atoms with Crippen LogP contribution in [-0.4, -0.2) is 9.97 Å². The molecular formula is C10H12N2O. The summed E-state index contributed by atoms with van der Waals surface area (Å²) < 4.78 is 0. The molecule has 1 aliphatic rings. The van der Waals surface area contributed by atoms with Crippen molar-refractivity contribution < 1.29 is 0 Å². The van der Waals surface area contributed by atoms with Gasteiger partial charge in [-0.1, -0.05) is 13.0 Å². The van der Waals surface area contributed by atoms with Crippen LogP contribution >= 0.6 is 0 Å². The van der Waals surface area contributed by atoms with Gasteiger partial charge in [-0.05, 0) is 25.3 Å². The lowest BCUT2D eigenvalue weighted by atomic mass is 10.1. The molecule has 0 spiro atoms. The molecule has 3 nitrogen and oxygen atoms in total. The van der Waals surface area contributed by atoms with Crippen LogP contribution in [-0.2, 0) is 12.8 Å². The largest absolute Gasteiger partial charge is 0.323 e. The molecule has 0 saturated carbocycles. The predicted octanol–water partition coefficient (Wildman–Crippen LogP) is 1.29. The maximum atomic E-state index is 11.4. The molecule has 68 valence electrons. The minimum Gasteiger partial charge on any atom is -0.323 e. The molecule has 2 rings (SSSR count). The summed E-state index contributed by atoms with van der Waals surface area (Å²) in [5, 5.41) is 0. The number of allylic oxidation sites excluding steroid dienone is 1. The van der Waals surface area contributed by atoms with Crippen molar-refractivity contribution in [3.8, 4) is 0 Å². The standard InChI is InChI=1S/C10H12N2O/c1-2-7-10(13)12-9-6-4-3-5-8(9)11-7/h3,5H,2,4,6H2,1H3,(H,12,13). The van der Waals surface area contributed by atoms with E-state index in [-0.39, 0.29) is 5.56 Å². The lowest BCUT2D eigenvalue weighted by Gasteiger charge is -2.09. The molecule has 0 radical (unpaired) electrons. The van der Waals surface area contributed by atoms with E-state index in [0.717, 1.165) is 24.2 Å². The van der Waals surface area contributed by atoms with E-state index in [9.17, 15) is 4.79 Å². The van der Waals surface area contributed by atoms with Crippen molar-refractivity contribution in [1.29, 1.82) is 0 Å². The third kappa shape index (κ3) is 1.41. The number of fused-ring (bicyclic) bond motifs is 1. The van der Waals surface area contributed by atoms with Gasteiger partial charge in [-0.2, -0.15) is 0 Å². The normalized spacial score (nSPS) is 14.2. The van der Waals surface area contributed by atoms with E-state index in [2.05, 4.69) is 16.0 Å². The van der Waals surface area contributed by atoms with Gasteiger partial charge in [0.1, 0.15) is 5.69 Å². The summed E-state index contributed by atoms with van der Waals surface area (Å²) in [4.78, 5) is 18.6. The van der Waals surface area contributed by atoms with Crippen LogP contribution in [0.1, 0.15) is 30.4 Å². The minimum absolute atomic E-state index is 0.0310. The van der Waals surface area contributed by atoms with Crippen molar-refractivity contribution in [3.05, 3.63) is 33.5 Å². The van der Waals surface area contributed by atoms with Gasteiger partial charge in [0.05, 0.1) is 5.69 Å². The quantitative estimate of drug-likeness (QED) is 0.700. The molecule has 1 heterocycles. The Hall–Kier alpha value is -1.38. The van der Waals surface area contributed by atoms with E-state index in [4.69, 9.17) is 0 Å². The van der Waals surface area contributed by atoms with Crippen LogP contribution in [0.5, 0.6) is 0 Å². The monoisotopic (exact) mass is 176 g/mol. The second kappa shape index (κ2) is 3.17. The fourth-order valence-electron chi connectivity index (χ4n) is 1.53. The van der Waals surface area contributed by atoms with Gasteiger partial charge in [-0.25, -0.2) is 4.98 Å². The molecule has 1 aromatic heterocycles. The first-order valence-electron chi connectivity index (χ1n) is 4.60. The number of rotatable bonds is 1. The zero-order valence-corrected chi connectivity index (χ0v) is 7.63. The van der Waals surface area contributed by atoms with E-state index in [1.165, 1.54) is 0 Å². The number of aryl methyl sites for hydroxylation is 2. The highest BCUT2D eigenvalue weighted by Gasteiger charge is 2.09. The van der Waals surface area contributed by atoms with Gasteiger partial charge in [0.15, 0.2) is 0 Å². The molecule has 0 fully saturated rings. The molecule has 0 saturated heterocycles. The fraction of sp³-hybridized carbons (Fsp3) is 0.400. The first-order chi connectivity index (χ1) is 6.31. The Kier molecular flexibility index (Phi) is 2.00. The Morgan fingerprint density at radius 3 is 3.23 bits per heavy atom. The van der Waals surface area contributed by atoms with Crippen LogP contribution in [0, 0.1) is 0 Å². The summed E-state index contributed by atoms with van der Waals surface area (Å²) in [5.74, 6) is 0. The molecule has 1 aromatic rings. The SMILES string of the molecule is CCc1nc2c([nH]c1=O)CCC=C2.